The molecule has 0 spiro atoms. The highest BCUT2D eigenvalue weighted by Gasteiger charge is 2.21. The van der Waals surface area contributed by atoms with E-state index in [1.807, 2.05) is 36.4 Å². The summed E-state index contributed by atoms with van der Waals surface area (Å²) in [6.07, 6.45) is -0.902. The van der Waals surface area contributed by atoms with Crippen LogP contribution in [0.25, 0.3) is 0 Å². The molecule has 134 valence electrons. The molecule has 1 atom stereocenters. The Morgan fingerprint density at radius 1 is 1.12 bits per heavy atom. The second-order valence-electron chi connectivity index (χ2n) is 5.74. The molecule has 2 aromatic carbocycles. The van der Waals surface area contributed by atoms with Crippen molar-refractivity contribution >= 4 is 11.9 Å². The first kappa shape index (κ1) is 19.0. The number of hydrogen-bond acceptors (Lipinski definition) is 5. The van der Waals surface area contributed by atoms with E-state index in [0.717, 1.165) is 5.56 Å². The van der Waals surface area contributed by atoms with Gasteiger partial charge in [0.05, 0.1) is 11.6 Å². The van der Waals surface area contributed by atoms with Gasteiger partial charge in [-0.15, -0.1) is 0 Å². The Balaban J connectivity index is 1.79. The van der Waals surface area contributed by atoms with Crippen molar-refractivity contribution in [2.75, 3.05) is 13.7 Å². The highest BCUT2D eigenvalue weighted by atomic mass is 16.6. The second kappa shape index (κ2) is 9.23. The Bertz CT molecular complexity index is 782. The number of carbonyl (C=O) groups excluding carboxylic acids is 2. The summed E-state index contributed by atoms with van der Waals surface area (Å²) in [6, 6.07) is 17.9. The van der Waals surface area contributed by atoms with E-state index in [1.54, 1.807) is 31.3 Å². The quantitative estimate of drug-likeness (QED) is 0.716. The number of hydrogen-bond donors (Lipinski definition) is 0. The van der Waals surface area contributed by atoms with Crippen LogP contribution in [-0.2, 0) is 20.9 Å². The lowest BCUT2D eigenvalue weighted by Gasteiger charge is -2.21. The van der Waals surface area contributed by atoms with Crippen molar-refractivity contribution in [1.29, 1.82) is 5.26 Å². The Kier molecular flexibility index (Phi) is 6.75. The summed E-state index contributed by atoms with van der Waals surface area (Å²) >= 11 is 0. The number of esters is 1. The third-order valence-electron chi connectivity index (χ3n) is 3.63. The maximum absolute atomic E-state index is 12.3. The molecule has 2 aromatic rings. The molecule has 0 aliphatic rings. The summed E-state index contributed by atoms with van der Waals surface area (Å²) in [5.74, 6) is -0.481. The van der Waals surface area contributed by atoms with Crippen molar-refractivity contribution in [3.05, 3.63) is 65.7 Å². The van der Waals surface area contributed by atoms with E-state index in [0.29, 0.717) is 17.9 Å². The minimum Gasteiger partial charge on any atom is -0.482 e. The van der Waals surface area contributed by atoms with Crippen LogP contribution < -0.4 is 4.74 Å². The predicted octanol–water partition coefficient (Wildman–Crippen LogP) is 2.53. The molecule has 0 saturated carbocycles. The van der Waals surface area contributed by atoms with Crippen LogP contribution >= 0.6 is 0 Å². The first-order valence-electron chi connectivity index (χ1n) is 8.11. The van der Waals surface area contributed by atoms with Crippen molar-refractivity contribution < 1.29 is 19.1 Å². The smallest absolute Gasteiger partial charge is 0.344 e. The zero-order valence-corrected chi connectivity index (χ0v) is 14.7. The number of likely N-dealkylation sites (N-methyl/N-ethyl adjacent to an activating group) is 1. The van der Waals surface area contributed by atoms with E-state index in [1.165, 1.54) is 11.8 Å². The van der Waals surface area contributed by atoms with Crippen LogP contribution in [-0.4, -0.2) is 36.5 Å². The van der Waals surface area contributed by atoms with Gasteiger partial charge < -0.3 is 14.4 Å². The first-order valence-corrected chi connectivity index (χ1v) is 8.11. The SMILES string of the molecule is C[C@H](OC(=O)COc1ccc(C#N)cc1)C(=O)N(C)Cc1ccccc1. The van der Waals surface area contributed by atoms with Crippen molar-refractivity contribution in [2.24, 2.45) is 0 Å². The van der Waals surface area contributed by atoms with Crippen LogP contribution in [0.4, 0.5) is 0 Å². The summed E-state index contributed by atoms with van der Waals surface area (Å²) < 4.78 is 10.4. The molecule has 0 saturated heterocycles. The van der Waals surface area contributed by atoms with Crippen LogP contribution in [0, 0.1) is 11.3 Å². The lowest BCUT2D eigenvalue weighted by molar-refractivity contribution is -0.160. The van der Waals surface area contributed by atoms with Gasteiger partial charge in [-0.25, -0.2) is 4.79 Å². The minimum absolute atomic E-state index is 0.291. The molecule has 2 rings (SSSR count). The standard InChI is InChI=1S/C20H20N2O4/c1-15(20(24)22(2)13-17-6-4-3-5-7-17)26-19(23)14-25-18-10-8-16(12-21)9-11-18/h3-11,15H,13-14H2,1-2H3/t15-/m0/s1. The van der Waals surface area contributed by atoms with Crippen molar-refractivity contribution in [2.45, 2.75) is 19.6 Å². The zero-order valence-electron chi connectivity index (χ0n) is 14.7. The van der Waals surface area contributed by atoms with Crippen LogP contribution in [0.5, 0.6) is 5.75 Å². The van der Waals surface area contributed by atoms with Gasteiger partial charge in [-0.3, -0.25) is 4.79 Å². The lowest BCUT2D eigenvalue weighted by atomic mass is 10.2. The fourth-order valence-electron chi connectivity index (χ4n) is 2.30. The third-order valence-corrected chi connectivity index (χ3v) is 3.63. The van der Waals surface area contributed by atoms with Crippen LogP contribution in [0.2, 0.25) is 0 Å². The third kappa shape index (κ3) is 5.64. The maximum Gasteiger partial charge on any atom is 0.344 e. The number of amides is 1. The van der Waals surface area contributed by atoms with Crippen LogP contribution in [0.15, 0.2) is 54.6 Å². The summed E-state index contributed by atoms with van der Waals surface area (Å²) in [5.41, 5.74) is 1.49. The first-order chi connectivity index (χ1) is 12.5. The number of carbonyl (C=O) groups is 2. The molecule has 0 radical (unpaired) electrons. The van der Waals surface area contributed by atoms with Gasteiger partial charge in [0.15, 0.2) is 12.7 Å². The van der Waals surface area contributed by atoms with Crippen LogP contribution in [0.3, 0.4) is 0 Å². The highest BCUT2D eigenvalue weighted by Crippen LogP contribution is 2.12. The molecule has 0 unspecified atom stereocenters. The summed E-state index contributed by atoms with van der Waals surface area (Å²) in [4.78, 5) is 25.7. The molecule has 0 bridgehead atoms. The van der Waals surface area contributed by atoms with E-state index in [9.17, 15) is 9.59 Å². The number of nitrogens with zero attached hydrogens (tertiary/aromatic N) is 2. The average Bonchev–Trinajstić information content (AvgIpc) is 2.66. The van der Waals surface area contributed by atoms with Gasteiger partial charge >= 0.3 is 5.97 Å². The zero-order chi connectivity index (χ0) is 18.9. The van der Waals surface area contributed by atoms with E-state index < -0.39 is 12.1 Å². The average molecular weight is 352 g/mol. The van der Waals surface area contributed by atoms with E-state index in [-0.39, 0.29) is 12.5 Å². The predicted molar refractivity (Wildman–Crippen MR) is 95.1 cm³/mol. The molecule has 6 heteroatoms. The maximum atomic E-state index is 12.3. The molecular weight excluding hydrogens is 332 g/mol. The molecule has 0 N–H and O–H groups in total. The van der Waals surface area contributed by atoms with Gasteiger partial charge in [-0.2, -0.15) is 5.26 Å². The molecule has 0 fully saturated rings. The fraction of sp³-hybridized carbons (Fsp3) is 0.250. The number of ether oxygens (including phenoxy) is 2. The minimum atomic E-state index is -0.902. The fourth-order valence-corrected chi connectivity index (χ4v) is 2.30. The topological polar surface area (TPSA) is 79.6 Å². The van der Waals surface area contributed by atoms with Gasteiger partial charge in [0, 0.05) is 13.6 Å². The Morgan fingerprint density at radius 3 is 2.38 bits per heavy atom. The molecule has 6 nitrogen and oxygen atoms in total. The second-order valence-corrected chi connectivity index (χ2v) is 5.74. The Hall–Kier alpha value is -3.33. The normalized spacial score (nSPS) is 11.1. The summed E-state index contributed by atoms with van der Waals surface area (Å²) in [7, 11) is 1.66. The summed E-state index contributed by atoms with van der Waals surface area (Å²) in [6.45, 7) is 1.65. The molecule has 1 amide bonds. The Labute approximate surface area is 152 Å². The van der Waals surface area contributed by atoms with Crippen molar-refractivity contribution in [3.8, 4) is 11.8 Å². The van der Waals surface area contributed by atoms with Crippen molar-refractivity contribution in [3.63, 3.8) is 0 Å². The molecule has 0 heterocycles. The highest BCUT2D eigenvalue weighted by molar-refractivity contribution is 5.83. The molecule has 0 aliphatic heterocycles. The van der Waals surface area contributed by atoms with Gasteiger partial charge in [0.25, 0.3) is 5.91 Å². The molecule has 0 aliphatic carbocycles. The number of rotatable bonds is 7. The Morgan fingerprint density at radius 2 is 1.77 bits per heavy atom. The largest absolute Gasteiger partial charge is 0.482 e. The molecular formula is C20H20N2O4. The number of nitriles is 1. The van der Waals surface area contributed by atoms with Crippen molar-refractivity contribution in [1.82, 2.24) is 4.90 Å². The van der Waals surface area contributed by atoms with E-state index in [4.69, 9.17) is 14.7 Å². The van der Waals surface area contributed by atoms with Gasteiger partial charge in [-0.05, 0) is 36.8 Å². The van der Waals surface area contributed by atoms with Crippen LogP contribution in [0.1, 0.15) is 18.1 Å². The van der Waals surface area contributed by atoms with E-state index >= 15 is 0 Å². The van der Waals surface area contributed by atoms with Gasteiger partial charge in [0.1, 0.15) is 5.75 Å². The lowest BCUT2D eigenvalue weighted by Crippen LogP contribution is -2.37. The molecule has 0 aromatic heterocycles. The molecule has 26 heavy (non-hydrogen) atoms. The monoisotopic (exact) mass is 352 g/mol. The van der Waals surface area contributed by atoms with E-state index in [2.05, 4.69) is 0 Å². The van der Waals surface area contributed by atoms with Gasteiger partial charge in [-0.1, -0.05) is 30.3 Å². The summed E-state index contributed by atoms with van der Waals surface area (Å²) in [5, 5.41) is 8.73. The van der Waals surface area contributed by atoms with Gasteiger partial charge in [0.2, 0.25) is 0 Å². The number of benzene rings is 2.